The molecule has 0 aromatic heterocycles. The van der Waals surface area contributed by atoms with Gasteiger partial charge in [-0.25, -0.2) is 4.79 Å². The molecule has 2 aromatic rings. The molecule has 190 valence electrons. The molecule has 0 aliphatic heterocycles. The molecule has 0 unspecified atom stereocenters. The second-order valence-electron chi connectivity index (χ2n) is 6.67. The Morgan fingerprint density at radius 2 is 1.54 bits per heavy atom. The van der Waals surface area contributed by atoms with Crippen LogP contribution in [-0.2, 0) is 38.2 Å². The van der Waals surface area contributed by atoms with Crippen molar-refractivity contribution in [3.05, 3.63) is 70.3 Å². The van der Waals surface area contributed by atoms with Gasteiger partial charge < -0.3 is 14.4 Å². The second-order valence-corrected chi connectivity index (χ2v) is 7.92. The van der Waals surface area contributed by atoms with E-state index in [0.29, 0.717) is 23.4 Å². The van der Waals surface area contributed by atoms with Crippen LogP contribution in [0.15, 0.2) is 52.8 Å². The van der Waals surface area contributed by atoms with Crippen LogP contribution in [0.4, 0.5) is 26.3 Å². The Hall–Kier alpha value is -3.22. The number of esters is 1. The molecule has 0 atom stereocenters. The third kappa shape index (κ3) is 7.64. The molecule has 0 saturated heterocycles. The van der Waals surface area contributed by atoms with Gasteiger partial charge in [0.05, 0.1) is 18.2 Å². The van der Waals surface area contributed by atoms with Gasteiger partial charge in [0.15, 0.2) is 5.71 Å². The van der Waals surface area contributed by atoms with Gasteiger partial charge in [0.25, 0.3) is 0 Å². The molecule has 0 aliphatic rings. The summed E-state index contributed by atoms with van der Waals surface area (Å²) >= 11 is 0.903. The normalized spacial score (nSPS) is 12.9. The number of oxime groups is 2. The Balaban J connectivity index is 2.44. The maximum atomic E-state index is 13.2. The number of alkyl halides is 6. The first-order valence-corrected chi connectivity index (χ1v) is 10.8. The summed E-state index contributed by atoms with van der Waals surface area (Å²) in [5, 5.41) is 7.26. The average molecular weight is 522 g/mol. The van der Waals surface area contributed by atoms with Crippen molar-refractivity contribution in [1.82, 2.24) is 0 Å². The smallest absolute Gasteiger partial charge is 0.416 e. The van der Waals surface area contributed by atoms with E-state index < -0.39 is 35.0 Å². The number of carbonyl (C=O) groups is 1. The molecule has 0 bridgehead atoms. The molecule has 0 heterocycles. The van der Waals surface area contributed by atoms with E-state index in [-0.39, 0.29) is 29.0 Å². The first-order chi connectivity index (χ1) is 16.4. The van der Waals surface area contributed by atoms with Crippen molar-refractivity contribution < 1.29 is 45.5 Å². The van der Waals surface area contributed by atoms with Gasteiger partial charge in [0.1, 0.15) is 18.8 Å². The zero-order valence-corrected chi connectivity index (χ0v) is 19.5. The van der Waals surface area contributed by atoms with Crippen LogP contribution >= 0.6 is 11.8 Å². The lowest BCUT2D eigenvalue weighted by atomic mass is 10.0. The van der Waals surface area contributed by atoms with Crippen LogP contribution in [0, 0.1) is 0 Å². The van der Waals surface area contributed by atoms with Crippen LogP contribution in [0.3, 0.4) is 0 Å². The Morgan fingerprint density at radius 1 is 0.943 bits per heavy atom. The SMILES string of the molecule is CCS/C(=N\OCc1ccccc1/C(=N\OC)C(=O)OC)c1cc(C(F)(F)F)cc(C(F)(F)F)c1. The highest BCUT2D eigenvalue weighted by Crippen LogP contribution is 2.37. The summed E-state index contributed by atoms with van der Waals surface area (Å²) in [5.74, 6) is -0.503. The molecule has 2 rings (SSSR count). The summed E-state index contributed by atoms with van der Waals surface area (Å²) in [6, 6.07) is 7.52. The van der Waals surface area contributed by atoms with Gasteiger partial charge in [-0.1, -0.05) is 41.5 Å². The van der Waals surface area contributed by atoms with Crippen molar-refractivity contribution in [2.24, 2.45) is 10.3 Å². The molecule has 6 nitrogen and oxygen atoms in total. The van der Waals surface area contributed by atoms with Crippen molar-refractivity contribution >= 4 is 28.5 Å². The highest BCUT2D eigenvalue weighted by atomic mass is 32.2. The number of nitrogens with zero attached hydrogens (tertiary/aromatic N) is 2. The summed E-state index contributed by atoms with van der Waals surface area (Å²) < 4.78 is 84.1. The van der Waals surface area contributed by atoms with Crippen molar-refractivity contribution in [3.63, 3.8) is 0 Å². The fourth-order valence-electron chi connectivity index (χ4n) is 2.80. The number of benzene rings is 2. The van der Waals surface area contributed by atoms with Gasteiger partial charge in [-0.2, -0.15) is 26.3 Å². The molecular formula is C22H20F6N2O4S. The Morgan fingerprint density at radius 3 is 2.06 bits per heavy atom. The third-order valence-electron chi connectivity index (χ3n) is 4.32. The Labute approximate surface area is 200 Å². The molecule has 0 fully saturated rings. The zero-order valence-electron chi connectivity index (χ0n) is 18.7. The van der Waals surface area contributed by atoms with Crippen LogP contribution < -0.4 is 0 Å². The number of hydrogen-bond acceptors (Lipinski definition) is 7. The second kappa shape index (κ2) is 12.0. The molecule has 0 aliphatic carbocycles. The Bertz CT molecular complexity index is 1070. The van der Waals surface area contributed by atoms with E-state index in [9.17, 15) is 31.1 Å². The highest BCUT2D eigenvalue weighted by Gasteiger charge is 2.37. The average Bonchev–Trinajstić information content (AvgIpc) is 2.80. The maximum Gasteiger partial charge on any atom is 0.416 e. The van der Waals surface area contributed by atoms with E-state index in [2.05, 4.69) is 19.9 Å². The molecule has 2 aromatic carbocycles. The van der Waals surface area contributed by atoms with Gasteiger partial charge in [0, 0.05) is 16.7 Å². The van der Waals surface area contributed by atoms with E-state index in [0.717, 1.165) is 18.9 Å². The van der Waals surface area contributed by atoms with Crippen LogP contribution in [0.5, 0.6) is 0 Å². The summed E-state index contributed by atoms with van der Waals surface area (Å²) in [4.78, 5) is 22.0. The molecule has 0 spiro atoms. The van der Waals surface area contributed by atoms with Crippen LogP contribution in [0.1, 0.15) is 34.7 Å². The fraction of sp³-hybridized carbons (Fsp3) is 0.318. The predicted molar refractivity (Wildman–Crippen MR) is 118 cm³/mol. The van der Waals surface area contributed by atoms with Crippen LogP contribution in [-0.4, -0.2) is 36.7 Å². The summed E-state index contributed by atoms with van der Waals surface area (Å²) in [6.45, 7) is 1.37. The number of halogens is 6. The first-order valence-electron chi connectivity index (χ1n) is 9.82. The summed E-state index contributed by atoms with van der Waals surface area (Å²) in [7, 11) is 2.38. The molecule has 13 heteroatoms. The maximum absolute atomic E-state index is 13.2. The fourth-order valence-corrected chi connectivity index (χ4v) is 3.46. The predicted octanol–water partition coefficient (Wildman–Crippen LogP) is 5.88. The number of ether oxygens (including phenoxy) is 1. The van der Waals surface area contributed by atoms with Gasteiger partial charge in [-0.3, -0.25) is 0 Å². The molecule has 0 radical (unpaired) electrons. The lowest BCUT2D eigenvalue weighted by molar-refractivity contribution is -0.143. The number of carbonyl (C=O) groups excluding carboxylic acids is 1. The van der Waals surface area contributed by atoms with E-state index in [1.165, 1.54) is 13.2 Å². The lowest BCUT2D eigenvalue weighted by Gasteiger charge is -2.15. The summed E-state index contributed by atoms with van der Waals surface area (Å²) in [6.07, 6.45) is -9.99. The molecule has 0 amide bonds. The standard InChI is InChI=1S/C22H20F6N2O4S/c1-4-35-19(14-9-15(21(23,24)25)11-16(10-14)22(26,27)28)30-34-12-13-7-5-6-8-17(13)18(29-33-3)20(31)32-2/h5-11H,4,12H2,1-3H3/b29-18+,30-19-. The van der Waals surface area contributed by atoms with E-state index in [1.54, 1.807) is 25.1 Å². The molecular weight excluding hydrogens is 502 g/mol. The van der Waals surface area contributed by atoms with Crippen LogP contribution in [0.2, 0.25) is 0 Å². The largest absolute Gasteiger partial charge is 0.464 e. The minimum absolute atomic E-state index is 0.0400. The van der Waals surface area contributed by atoms with Crippen LogP contribution in [0.25, 0.3) is 0 Å². The van der Waals surface area contributed by atoms with E-state index >= 15 is 0 Å². The minimum Gasteiger partial charge on any atom is -0.464 e. The number of hydrogen-bond donors (Lipinski definition) is 0. The third-order valence-corrected chi connectivity index (χ3v) is 5.19. The first kappa shape index (κ1) is 28.0. The van der Waals surface area contributed by atoms with Gasteiger partial charge in [-0.15, -0.1) is 11.8 Å². The number of thioether (sulfide) groups is 1. The number of rotatable bonds is 8. The van der Waals surface area contributed by atoms with E-state index in [1.807, 2.05) is 0 Å². The van der Waals surface area contributed by atoms with Gasteiger partial charge >= 0.3 is 18.3 Å². The van der Waals surface area contributed by atoms with Gasteiger partial charge in [0.2, 0.25) is 0 Å². The molecule has 0 saturated carbocycles. The zero-order chi connectivity index (χ0) is 26.2. The quantitative estimate of drug-likeness (QED) is 0.142. The highest BCUT2D eigenvalue weighted by molar-refractivity contribution is 8.14. The van der Waals surface area contributed by atoms with Crippen molar-refractivity contribution in [3.8, 4) is 0 Å². The lowest BCUT2D eigenvalue weighted by Crippen LogP contribution is -2.19. The molecule has 35 heavy (non-hydrogen) atoms. The molecule has 0 N–H and O–H groups in total. The minimum atomic E-state index is -5.00. The topological polar surface area (TPSA) is 69.5 Å². The van der Waals surface area contributed by atoms with Crippen molar-refractivity contribution in [1.29, 1.82) is 0 Å². The van der Waals surface area contributed by atoms with Crippen molar-refractivity contribution in [2.75, 3.05) is 20.0 Å². The number of methoxy groups -OCH3 is 1. The van der Waals surface area contributed by atoms with Crippen molar-refractivity contribution in [2.45, 2.75) is 25.9 Å². The summed E-state index contributed by atoms with van der Waals surface area (Å²) in [5.41, 5.74) is -2.83. The monoisotopic (exact) mass is 522 g/mol. The van der Waals surface area contributed by atoms with E-state index in [4.69, 9.17) is 4.84 Å². The Kier molecular flexibility index (Phi) is 9.57. The van der Waals surface area contributed by atoms with Gasteiger partial charge in [-0.05, 0) is 24.0 Å².